The molecule has 0 radical (unpaired) electrons. The topological polar surface area (TPSA) is 78.3 Å². The van der Waals surface area contributed by atoms with Crippen LogP contribution in [0, 0.1) is 11.7 Å². The number of anilines is 1. The standard InChI is InChI=1S/C24H27FN4O3/c25-18-5-3-17(4-6-18)20-7-8-21-23(28-20)29(15-16-9-12-31-13-10-16)24(30)22(27-21)26-14-19-2-1-11-32-19/h3-8,16,19H,1-2,9-15H2,(H,26,27)/t19-/m0/s1. The van der Waals surface area contributed by atoms with Crippen molar-refractivity contribution >= 4 is 17.0 Å². The summed E-state index contributed by atoms with van der Waals surface area (Å²) in [6.45, 7) is 3.31. The van der Waals surface area contributed by atoms with Crippen molar-refractivity contribution in [1.82, 2.24) is 14.5 Å². The Labute approximate surface area is 185 Å². The molecule has 5 rings (SSSR count). The van der Waals surface area contributed by atoms with Crippen molar-refractivity contribution in [3.8, 4) is 11.3 Å². The number of aromatic nitrogens is 3. The highest BCUT2D eigenvalue weighted by Crippen LogP contribution is 2.23. The van der Waals surface area contributed by atoms with E-state index in [0.717, 1.165) is 37.9 Å². The minimum absolute atomic E-state index is 0.106. The van der Waals surface area contributed by atoms with Crippen LogP contribution in [0.1, 0.15) is 25.7 Å². The van der Waals surface area contributed by atoms with E-state index >= 15 is 0 Å². The molecule has 2 aliphatic rings. The number of nitrogens with zero attached hydrogens (tertiary/aromatic N) is 3. The van der Waals surface area contributed by atoms with Crippen molar-refractivity contribution < 1.29 is 13.9 Å². The van der Waals surface area contributed by atoms with Gasteiger partial charge in [0.25, 0.3) is 5.56 Å². The van der Waals surface area contributed by atoms with E-state index in [0.29, 0.717) is 54.9 Å². The van der Waals surface area contributed by atoms with Crippen molar-refractivity contribution in [3.63, 3.8) is 0 Å². The van der Waals surface area contributed by atoms with E-state index < -0.39 is 0 Å². The van der Waals surface area contributed by atoms with Crippen molar-refractivity contribution in [2.45, 2.75) is 38.3 Å². The predicted molar refractivity (Wildman–Crippen MR) is 120 cm³/mol. The van der Waals surface area contributed by atoms with Gasteiger partial charge in [-0.2, -0.15) is 0 Å². The van der Waals surface area contributed by atoms with Gasteiger partial charge < -0.3 is 14.8 Å². The van der Waals surface area contributed by atoms with Gasteiger partial charge in [0.05, 0.1) is 11.8 Å². The highest BCUT2D eigenvalue weighted by Gasteiger charge is 2.21. The summed E-state index contributed by atoms with van der Waals surface area (Å²) < 4.78 is 26.3. The van der Waals surface area contributed by atoms with Crippen LogP contribution in [0.4, 0.5) is 10.2 Å². The summed E-state index contributed by atoms with van der Waals surface area (Å²) in [5, 5.41) is 3.21. The van der Waals surface area contributed by atoms with Crippen molar-refractivity contribution in [1.29, 1.82) is 0 Å². The van der Waals surface area contributed by atoms with Gasteiger partial charge >= 0.3 is 0 Å². The molecule has 32 heavy (non-hydrogen) atoms. The van der Waals surface area contributed by atoms with Gasteiger partial charge in [0.1, 0.15) is 11.3 Å². The van der Waals surface area contributed by atoms with Gasteiger partial charge in [-0.15, -0.1) is 0 Å². The largest absolute Gasteiger partial charge is 0.381 e. The molecule has 1 N–H and O–H groups in total. The smallest absolute Gasteiger partial charge is 0.294 e. The van der Waals surface area contributed by atoms with E-state index in [2.05, 4.69) is 10.3 Å². The lowest BCUT2D eigenvalue weighted by molar-refractivity contribution is 0.0613. The Morgan fingerprint density at radius 3 is 2.59 bits per heavy atom. The second-order valence-electron chi connectivity index (χ2n) is 8.49. The first-order valence-electron chi connectivity index (χ1n) is 11.3. The SMILES string of the molecule is O=c1c(NC[C@@H]2CCCO2)nc2ccc(-c3ccc(F)cc3)nc2n1CC1CCOCC1. The molecule has 0 saturated carbocycles. The molecule has 1 atom stereocenters. The third-order valence-corrected chi connectivity index (χ3v) is 6.23. The second kappa shape index (κ2) is 9.34. The molecule has 0 unspecified atom stereocenters. The molecule has 0 aliphatic carbocycles. The van der Waals surface area contributed by atoms with Gasteiger partial charge in [0.2, 0.25) is 0 Å². The van der Waals surface area contributed by atoms with Gasteiger partial charge in [-0.25, -0.2) is 14.4 Å². The zero-order valence-corrected chi connectivity index (χ0v) is 17.9. The maximum absolute atomic E-state index is 13.4. The molecule has 0 bridgehead atoms. The summed E-state index contributed by atoms with van der Waals surface area (Å²) in [6, 6.07) is 9.93. The molecule has 2 fully saturated rings. The van der Waals surface area contributed by atoms with E-state index in [4.69, 9.17) is 14.5 Å². The molecule has 0 amide bonds. The first kappa shape index (κ1) is 21.0. The fourth-order valence-corrected chi connectivity index (χ4v) is 4.39. The summed E-state index contributed by atoms with van der Waals surface area (Å²) in [5.74, 6) is 0.375. The summed E-state index contributed by atoms with van der Waals surface area (Å²) in [5.41, 5.74) is 2.49. The maximum atomic E-state index is 13.4. The van der Waals surface area contributed by atoms with Gasteiger partial charge in [-0.05, 0) is 68.0 Å². The minimum atomic E-state index is -0.297. The van der Waals surface area contributed by atoms with Crippen LogP contribution >= 0.6 is 0 Å². The Bertz CT molecular complexity index is 1140. The molecule has 1 aromatic carbocycles. The molecule has 0 spiro atoms. The number of halogens is 1. The molecule has 168 valence electrons. The number of fused-ring (bicyclic) bond motifs is 1. The molecule has 4 heterocycles. The first-order valence-corrected chi connectivity index (χ1v) is 11.3. The number of pyridine rings is 1. The van der Waals surface area contributed by atoms with Crippen LogP contribution in [-0.2, 0) is 16.0 Å². The zero-order chi connectivity index (χ0) is 21.9. The van der Waals surface area contributed by atoms with E-state index in [1.165, 1.54) is 12.1 Å². The van der Waals surface area contributed by atoms with E-state index in [-0.39, 0.29) is 17.5 Å². The number of benzene rings is 1. The lowest BCUT2D eigenvalue weighted by Crippen LogP contribution is -2.32. The van der Waals surface area contributed by atoms with Gasteiger partial charge in [-0.1, -0.05) is 0 Å². The van der Waals surface area contributed by atoms with Crippen LogP contribution in [0.15, 0.2) is 41.2 Å². The molecule has 2 aliphatic heterocycles. The monoisotopic (exact) mass is 438 g/mol. The lowest BCUT2D eigenvalue weighted by atomic mass is 10.0. The van der Waals surface area contributed by atoms with Crippen molar-refractivity contribution in [2.75, 3.05) is 31.7 Å². The van der Waals surface area contributed by atoms with Crippen molar-refractivity contribution in [3.05, 3.63) is 52.6 Å². The predicted octanol–water partition coefficient (Wildman–Crippen LogP) is 3.62. The van der Waals surface area contributed by atoms with E-state index in [1.54, 1.807) is 16.7 Å². The normalized spacial score (nSPS) is 19.5. The van der Waals surface area contributed by atoms with Crippen LogP contribution in [0.2, 0.25) is 0 Å². The second-order valence-corrected chi connectivity index (χ2v) is 8.49. The van der Waals surface area contributed by atoms with Crippen LogP contribution < -0.4 is 10.9 Å². The third kappa shape index (κ3) is 4.52. The highest BCUT2D eigenvalue weighted by atomic mass is 19.1. The quantitative estimate of drug-likeness (QED) is 0.634. The lowest BCUT2D eigenvalue weighted by Gasteiger charge is -2.23. The zero-order valence-electron chi connectivity index (χ0n) is 17.9. The van der Waals surface area contributed by atoms with Gasteiger partial charge in [-0.3, -0.25) is 9.36 Å². The van der Waals surface area contributed by atoms with Crippen LogP contribution in [0.3, 0.4) is 0 Å². The Kier molecular flexibility index (Phi) is 6.14. The summed E-state index contributed by atoms with van der Waals surface area (Å²) >= 11 is 0. The number of hydrogen-bond acceptors (Lipinski definition) is 6. The van der Waals surface area contributed by atoms with Crippen molar-refractivity contribution in [2.24, 2.45) is 5.92 Å². The Morgan fingerprint density at radius 1 is 1.03 bits per heavy atom. The third-order valence-electron chi connectivity index (χ3n) is 6.23. The van der Waals surface area contributed by atoms with Crippen LogP contribution in [0.25, 0.3) is 22.4 Å². The molecule has 2 aromatic heterocycles. The van der Waals surface area contributed by atoms with E-state index in [9.17, 15) is 9.18 Å². The fourth-order valence-electron chi connectivity index (χ4n) is 4.39. The summed E-state index contributed by atoms with van der Waals surface area (Å²) in [7, 11) is 0. The Morgan fingerprint density at radius 2 is 1.84 bits per heavy atom. The number of ether oxygens (including phenoxy) is 2. The van der Waals surface area contributed by atoms with Gasteiger partial charge in [0, 0.05) is 38.5 Å². The minimum Gasteiger partial charge on any atom is -0.381 e. The summed E-state index contributed by atoms with van der Waals surface area (Å²) in [4.78, 5) is 22.8. The average Bonchev–Trinajstić information content (AvgIpc) is 3.34. The Balaban J connectivity index is 1.54. The summed E-state index contributed by atoms with van der Waals surface area (Å²) in [6.07, 6.45) is 3.95. The maximum Gasteiger partial charge on any atom is 0.294 e. The number of hydrogen-bond donors (Lipinski definition) is 1. The Hall–Kier alpha value is -2.84. The highest BCUT2D eigenvalue weighted by molar-refractivity contribution is 5.76. The van der Waals surface area contributed by atoms with E-state index in [1.807, 2.05) is 12.1 Å². The fraction of sp³-hybridized carbons (Fsp3) is 0.458. The molecule has 2 saturated heterocycles. The van der Waals surface area contributed by atoms with Crippen LogP contribution in [0.5, 0.6) is 0 Å². The molecular formula is C24H27FN4O3. The molecule has 3 aromatic rings. The van der Waals surface area contributed by atoms with Crippen LogP contribution in [-0.4, -0.2) is 47.0 Å². The average molecular weight is 439 g/mol. The number of nitrogens with one attached hydrogen (secondary N) is 1. The molecular weight excluding hydrogens is 411 g/mol. The number of rotatable bonds is 6. The van der Waals surface area contributed by atoms with Gasteiger partial charge in [0.15, 0.2) is 11.5 Å². The molecule has 8 heteroatoms. The first-order chi connectivity index (χ1) is 15.7. The molecule has 7 nitrogen and oxygen atoms in total.